The van der Waals surface area contributed by atoms with Crippen LogP contribution in [-0.4, -0.2) is 25.7 Å². The number of guanidine groups is 1. The highest BCUT2D eigenvalue weighted by Gasteiger charge is 2.26. The molecule has 0 aliphatic rings. The van der Waals surface area contributed by atoms with E-state index in [0.29, 0.717) is 5.56 Å². The molecule has 0 heterocycles. The molecule has 0 fully saturated rings. The van der Waals surface area contributed by atoms with Gasteiger partial charge in [0.1, 0.15) is 5.82 Å². The Balaban J connectivity index is 0.00000361. The summed E-state index contributed by atoms with van der Waals surface area (Å²) in [6.07, 6.45) is -5.16. The fraction of sp³-hybridized carbons (Fsp3) is 0.417. The molecule has 0 bridgehead atoms. The van der Waals surface area contributed by atoms with Gasteiger partial charge in [0.2, 0.25) is 0 Å². The fourth-order valence-electron chi connectivity index (χ4n) is 1.36. The summed E-state index contributed by atoms with van der Waals surface area (Å²) in [7, 11) is 1.43. The monoisotopic (exact) mass is 405 g/mol. The Labute approximate surface area is 131 Å². The highest BCUT2D eigenvalue weighted by atomic mass is 127. The molecule has 0 saturated heterocycles. The van der Waals surface area contributed by atoms with Crippen LogP contribution in [0.15, 0.2) is 29.3 Å². The van der Waals surface area contributed by atoms with Gasteiger partial charge in [-0.2, -0.15) is 13.2 Å². The lowest BCUT2D eigenvalue weighted by Gasteiger charge is -2.13. The van der Waals surface area contributed by atoms with Gasteiger partial charge in [-0.3, -0.25) is 4.99 Å². The lowest BCUT2D eigenvalue weighted by Crippen LogP contribution is -2.38. The molecule has 0 aliphatic heterocycles. The molecule has 0 unspecified atom stereocenters. The molecule has 0 amide bonds. The minimum Gasteiger partial charge on any atom is -0.356 e. The lowest BCUT2D eigenvalue weighted by atomic mass is 10.2. The lowest BCUT2D eigenvalue weighted by molar-refractivity contribution is -0.132. The average molecular weight is 405 g/mol. The minimum absolute atomic E-state index is 0. The number of nitrogens with zero attached hydrogens (tertiary/aromatic N) is 1. The highest BCUT2D eigenvalue weighted by Crippen LogP contribution is 2.18. The van der Waals surface area contributed by atoms with Crippen molar-refractivity contribution in [1.82, 2.24) is 10.6 Å². The summed E-state index contributed by atoms with van der Waals surface area (Å²) in [6.45, 7) is -0.126. The van der Waals surface area contributed by atoms with E-state index in [4.69, 9.17) is 0 Å². The van der Waals surface area contributed by atoms with Gasteiger partial charge in [-0.1, -0.05) is 18.2 Å². The first-order valence-corrected chi connectivity index (χ1v) is 5.67. The molecule has 0 atom stereocenters. The summed E-state index contributed by atoms with van der Waals surface area (Å²) in [6, 6.07) is 6.15. The third-order valence-corrected chi connectivity index (χ3v) is 2.33. The third kappa shape index (κ3) is 7.51. The third-order valence-electron chi connectivity index (χ3n) is 2.33. The maximum absolute atomic E-state index is 13.3. The summed E-state index contributed by atoms with van der Waals surface area (Å²) >= 11 is 0. The molecule has 1 aromatic carbocycles. The molecule has 0 aromatic heterocycles. The zero-order valence-electron chi connectivity index (χ0n) is 10.8. The normalized spacial score (nSPS) is 11.8. The molecule has 0 saturated carbocycles. The molecule has 20 heavy (non-hydrogen) atoms. The molecule has 8 heteroatoms. The van der Waals surface area contributed by atoms with Crippen LogP contribution in [0.4, 0.5) is 17.6 Å². The second-order valence-electron chi connectivity index (χ2n) is 3.81. The summed E-state index contributed by atoms with van der Waals surface area (Å²) in [5.74, 6) is -0.173. The number of hydrogen-bond donors (Lipinski definition) is 2. The summed E-state index contributed by atoms with van der Waals surface area (Å²) in [5, 5.41) is 5.26. The topological polar surface area (TPSA) is 36.4 Å². The van der Waals surface area contributed by atoms with E-state index in [1.165, 1.54) is 13.1 Å². The maximum atomic E-state index is 13.3. The zero-order chi connectivity index (χ0) is 14.3. The number of aliphatic imine (C=N–C) groups is 1. The van der Waals surface area contributed by atoms with Gasteiger partial charge in [0.25, 0.3) is 0 Å². The first-order valence-electron chi connectivity index (χ1n) is 5.67. The van der Waals surface area contributed by atoms with Gasteiger partial charge in [0, 0.05) is 25.7 Å². The number of alkyl halides is 3. The van der Waals surface area contributed by atoms with E-state index >= 15 is 0 Å². The van der Waals surface area contributed by atoms with Gasteiger partial charge in [0.05, 0.1) is 6.42 Å². The maximum Gasteiger partial charge on any atom is 0.390 e. The van der Waals surface area contributed by atoms with Crippen molar-refractivity contribution in [2.45, 2.75) is 19.1 Å². The Bertz CT molecular complexity index is 435. The second kappa shape index (κ2) is 8.98. The van der Waals surface area contributed by atoms with Crippen molar-refractivity contribution in [3.63, 3.8) is 0 Å². The molecule has 0 radical (unpaired) electrons. The summed E-state index contributed by atoms with van der Waals surface area (Å²) in [4.78, 5) is 3.76. The van der Waals surface area contributed by atoms with Crippen molar-refractivity contribution in [3.8, 4) is 0 Å². The molecule has 114 valence electrons. The molecule has 1 rings (SSSR count). The van der Waals surface area contributed by atoms with Crippen LogP contribution in [0.3, 0.4) is 0 Å². The van der Waals surface area contributed by atoms with Crippen molar-refractivity contribution in [1.29, 1.82) is 0 Å². The summed E-state index contributed by atoms with van der Waals surface area (Å²) < 4.78 is 49.2. The Morgan fingerprint density at radius 2 is 1.85 bits per heavy atom. The van der Waals surface area contributed by atoms with Gasteiger partial charge in [-0.25, -0.2) is 4.39 Å². The van der Waals surface area contributed by atoms with E-state index in [1.54, 1.807) is 18.2 Å². The van der Waals surface area contributed by atoms with E-state index in [2.05, 4.69) is 15.6 Å². The van der Waals surface area contributed by atoms with Crippen LogP contribution < -0.4 is 10.6 Å². The summed E-state index contributed by atoms with van der Waals surface area (Å²) in [5.41, 5.74) is 0.418. The minimum atomic E-state index is -4.21. The predicted octanol–water partition coefficient (Wildman–Crippen LogP) is 3.06. The van der Waals surface area contributed by atoms with Gasteiger partial charge >= 0.3 is 6.18 Å². The molecular formula is C12H16F4IN3. The zero-order valence-corrected chi connectivity index (χ0v) is 13.1. The first-order chi connectivity index (χ1) is 8.92. The van der Waals surface area contributed by atoms with Crippen molar-refractivity contribution in [2.24, 2.45) is 4.99 Å². The van der Waals surface area contributed by atoms with E-state index in [0.717, 1.165) is 0 Å². The molecule has 3 nitrogen and oxygen atoms in total. The van der Waals surface area contributed by atoms with E-state index in [-0.39, 0.29) is 48.8 Å². The van der Waals surface area contributed by atoms with Crippen LogP contribution >= 0.6 is 24.0 Å². The van der Waals surface area contributed by atoms with Crippen molar-refractivity contribution >= 4 is 29.9 Å². The molecule has 2 N–H and O–H groups in total. The van der Waals surface area contributed by atoms with Gasteiger partial charge in [-0.05, 0) is 6.07 Å². The van der Waals surface area contributed by atoms with Gasteiger partial charge < -0.3 is 10.6 Å². The Hall–Kier alpha value is -1.06. The van der Waals surface area contributed by atoms with Gasteiger partial charge in [-0.15, -0.1) is 24.0 Å². The average Bonchev–Trinajstić information content (AvgIpc) is 2.34. The van der Waals surface area contributed by atoms with Crippen molar-refractivity contribution in [3.05, 3.63) is 35.6 Å². The predicted molar refractivity (Wildman–Crippen MR) is 80.7 cm³/mol. The van der Waals surface area contributed by atoms with E-state index < -0.39 is 12.6 Å². The van der Waals surface area contributed by atoms with Crippen molar-refractivity contribution < 1.29 is 17.6 Å². The molecule has 1 aromatic rings. The smallest absolute Gasteiger partial charge is 0.356 e. The number of nitrogens with one attached hydrogen (secondary N) is 2. The Morgan fingerprint density at radius 1 is 1.20 bits per heavy atom. The standard InChI is InChI=1S/C12H15F4N3.HI/c1-17-11(18-7-6-12(14,15)16)19-8-9-4-2-3-5-10(9)13;/h2-5H,6-8H2,1H3,(H2,17,18,19);1H. The quantitative estimate of drug-likeness (QED) is 0.350. The first kappa shape index (κ1) is 18.9. The number of hydrogen-bond acceptors (Lipinski definition) is 1. The number of benzene rings is 1. The van der Waals surface area contributed by atoms with E-state index in [9.17, 15) is 17.6 Å². The largest absolute Gasteiger partial charge is 0.390 e. The second-order valence-corrected chi connectivity index (χ2v) is 3.81. The van der Waals surface area contributed by atoms with Crippen LogP contribution in [0.2, 0.25) is 0 Å². The van der Waals surface area contributed by atoms with Crippen LogP contribution in [0, 0.1) is 5.82 Å². The SMILES string of the molecule is CN=C(NCCC(F)(F)F)NCc1ccccc1F.I. The number of rotatable bonds is 4. The Kier molecular flexibility index (Phi) is 8.51. The molecule has 0 aliphatic carbocycles. The van der Waals surface area contributed by atoms with E-state index in [1.807, 2.05) is 0 Å². The van der Waals surface area contributed by atoms with Gasteiger partial charge in [0.15, 0.2) is 5.96 Å². The van der Waals surface area contributed by atoms with Crippen LogP contribution in [-0.2, 0) is 6.54 Å². The number of halogens is 5. The fourth-order valence-corrected chi connectivity index (χ4v) is 1.36. The van der Waals surface area contributed by atoms with Crippen LogP contribution in [0.25, 0.3) is 0 Å². The molecular weight excluding hydrogens is 389 g/mol. The molecule has 0 spiro atoms. The van der Waals surface area contributed by atoms with Crippen LogP contribution in [0.5, 0.6) is 0 Å². The van der Waals surface area contributed by atoms with Crippen molar-refractivity contribution in [2.75, 3.05) is 13.6 Å². The van der Waals surface area contributed by atoms with Crippen LogP contribution in [0.1, 0.15) is 12.0 Å². The highest BCUT2D eigenvalue weighted by molar-refractivity contribution is 14.0. The Morgan fingerprint density at radius 3 is 2.40 bits per heavy atom.